The molecule has 13 nitrogen and oxygen atoms in total. The maximum absolute atomic E-state index is 16.3. The van der Waals surface area contributed by atoms with E-state index in [1.54, 1.807) is 40.9 Å². The topological polar surface area (TPSA) is 167 Å². The fourth-order valence-corrected chi connectivity index (χ4v) is 10.7. The van der Waals surface area contributed by atoms with E-state index in [1.807, 2.05) is 56.3 Å². The number of aliphatic hydroxyl groups excluding tert-OH is 1. The number of piperidine rings is 1. The predicted octanol–water partition coefficient (Wildman–Crippen LogP) is 7.92. The van der Waals surface area contributed by atoms with E-state index in [0.717, 1.165) is 21.4 Å². The third-order valence-electron chi connectivity index (χ3n) is 14.7. The summed E-state index contributed by atoms with van der Waals surface area (Å²) in [5.41, 5.74) is 2.04. The summed E-state index contributed by atoms with van der Waals surface area (Å²) in [7, 11) is 4.55. The molecule has 15 heteroatoms. The van der Waals surface area contributed by atoms with Crippen LogP contribution in [0.3, 0.4) is 0 Å². The number of benzene rings is 1. The zero-order valence-corrected chi connectivity index (χ0v) is 42.5. The number of cyclic esters (lactones) is 1. The van der Waals surface area contributed by atoms with Crippen molar-refractivity contribution < 1.29 is 62.2 Å². The van der Waals surface area contributed by atoms with Crippen molar-refractivity contribution in [2.75, 3.05) is 34.5 Å². The van der Waals surface area contributed by atoms with Gasteiger partial charge in [-0.2, -0.15) is 0 Å². The summed E-state index contributed by atoms with van der Waals surface area (Å²) >= 11 is 3.46. The van der Waals surface area contributed by atoms with Crippen molar-refractivity contribution in [1.29, 1.82) is 0 Å². The highest BCUT2D eigenvalue weighted by Crippen LogP contribution is 2.40. The normalized spacial score (nSPS) is 37.1. The number of carbonyl (C=O) groups excluding carboxylic acids is 4. The highest BCUT2D eigenvalue weighted by Gasteiger charge is 2.57. The molecule has 1 saturated carbocycles. The van der Waals surface area contributed by atoms with Crippen LogP contribution in [-0.2, 0) is 47.6 Å². The second-order valence-electron chi connectivity index (χ2n) is 19.4. The number of nitrogens with zero attached hydrogens (tertiary/aromatic N) is 1. The molecule has 2 N–H and O–H groups in total. The molecule has 374 valence electrons. The largest absolute Gasteiger partial charge is 0.456 e. The Morgan fingerprint density at radius 2 is 1.61 bits per heavy atom. The molecule has 3 aliphatic heterocycles. The first-order valence-electron chi connectivity index (χ1n) is 24.2. The van der Waals surface area contributed by atoms with E-state index >= 15 is 4.39 Å². The Balaban J connectivity index is 1.45. The van der Waals surface area contributed by atoms with Crippen LogP contribution in [0.1, 0.15) is 111 Å². The zero-order valence-electron chi connectivity index (χ0n) is 40.9. The van der Waals surface area contributed by atoms with Crippen molar-refractivity contribution in [2.24, 2.45) is 29.6 Å². The lowest BCUT2D eigenvalue weighted by Gasteiger charge is -2.47. The van der Waals surface area contributed by atoms with Gasteiger partial charge in [0.15, 0.2) is 0 Å². The molecule has 3 heterocycles. The van der Waals surface area contributed by atoms with Gasteiger partial charge in [-0.3, -0.25) is 14.4 Å². The number of fused-ring (bicyclic) bond motifs is 3. The summed E-state index contributed by atoms with van der Waals surface area (Å²) in [5, 5.41) is 23.9. The number of esters is 1. The number of carbonyl (C=O) groups is 4. The van der Waals surface area contributed by atoms with Gasteiger partial charge in [0.1, 0.15) is 30.2 Å². The van der Waals surface area contributed by atoms with Gasteiger partial charge in [0, 0.05) is 56.5 Å². The van der Waals surface area contributed by atoms with Gasteiger partial charge in [-0.15, -0.1) is 0 Å². The van der Waals surface area contributed by atoms with Gasteiger partial charge in [0.25, 0.3) is 11.7 Å². The number of ether oxygens (including phenoxy) is 6. The SMILES string of the molecule is CCC1C=C(C)C(F)C(C)CC(OC)C2OC(O)(C(=O)C(=O)N3CCCCC3C(=O)OC(C(C)=CC3CCC(OCC=Cc4ccc(Br)cc4)C(OC)C3)C(C)C(O)CC1=O)C(C)CC2OC. The number of alkyl halides is 1. The minimum absolute atomic E-state index is 0.00519. The third kappa shape index (κ3) is 13.6. The molecule has 15 unspecified atom stereocenters. The van der Waals surface area contributed by atoms with Crippen LogP contribution >= 0.6 is 15.9 Å². The molecular formula is C52H75BrFNO12. The monoisotopic (exact) mass is 1000 g/mol. The lowest BCUT2D eigenvalue weighted by atomic mass is 9.81. The molecule has 0 spiro atoms. The molecule has 0 radical (unpaired) electrons. The molecule has 4 aliphatic rings. The van der Waals surface area contributed by atoms with E-state index < -0.39 is 89.9 Å². The quantitative estimate of drug-likeness (QED) is 0.132. The van der Waals surface area contributed by atoms with Crippen LogP contribution in [0.15, 0.2) is 58.1 Å². The van der Waals surface area contributed by atoms with E-state index in [4.69, 9.17) is 28.4 Å². The average Bonchev–Trinajstić information content (AvgIpc) is 3.32. The van der Waals surface area contributed by atoms with Crippen molar-refractivity contribution in [3.63, 3.8) is 0 Å². The van der Waals surface area contributed by atoms with Crippen molar-refractivity contribution in [1.82, 2.24) is 4.90 Å². The van der Waals surface area contributed by atoms with Gasteiger partial charge in [-0.05, 0) is 112 Å². The Labute approximate surface area is 405 Å². The van der Waals surface area contributed by atoms with Crippen LogP contribution in [0.2, 0.25) is 0 Å². The second-order valence-corrected chi connectivity index (χ2v) is 20.3. The minimum atomic E-state index is -2.61. The summed E-state index contributed by atoms with van der Waals surface area (Å²) in [6.07, 6.45) is 4.51. The summed E-state index contributed by atoms with van der Waals surface area (Å²) in [4.78, 5) is 58.3. The number of amides is 1. The zero-order chi connectivity index (χ0) is 49.2. The van der Waals surface area contributed by atoms with Crippen molar-refractivity contribution in [3.05, 3.63) is 63.7 Å². The molecule has 1 amide bonds. The number of allylic oxidation sites excluding steroid dienone is 3. The second kappa shape index (κ2) is 25.1. The van der Waals surface area contributed by atoms with Crippen molar-refractivity contribution in [2.45, 2.75) is 166 Å². The van der Waals surface area contributed by atoms with Gasteiger partial charge < -0.3 is 43.5 Å². The number of rotatable bonds is 10. The Kier molecular flexibility index (Phi) is 20.5. The standard InChI is InChI=1S/C52H75BrFNO12/c1-10-37-25-30(2)46(54)31(3)26-44(63-8)48-45(64-9)27-33(5)52(61,67-48)49(58)50(59)55-22-12-11-15-39(55)51(60)66-47(34(6)40(56)29-41(37)57)32(4)24-36-18-21-42(43(28-36)62-7)65-23-13-14-35-16-19-38(53)20-17-35/h13-14,16-17,19-20,24-25,31,33-34,36-37,39-40,42-48,56,61H,10-12,15,18,21-23,26-29H2,1-9H3. The molecule has 15 atom stereocenters. The van der Waals surface area contributed by atoms with E-state index in [9.17, 15) is 29.4 Å². The number of hydrogen-bond donors (Lipinski definition) is 2. The lowest BCUT2D eigenvalue weighted by Crippen LogP contribution is -2.64. The van der Waals surface area contributed by atoms with Crippen LogP contribution in [0.5, 0.6) is 0 Å². The predicted molar refractivity (Wildman–Crippen MR) is 255 cm³/mol. The third-order valence-corrected chi connectivity index (χ3v) is 15.2. The first-order chi connectivity index (χ1) is 31.9. The number of aliphatic hydroxyl groups is 2. The minimum Gasteiger partial charge on any atom is -0.456 e. The van der Waals surface area contributed by atoms with Crippen LogP contribution < -0.4 is 0 Å². The Bertz CT molecular complexity index is 1930. The smallest absolute Gasteiger partial charge is 0.329 e. The van der Waals surface area contributed by atoms with Crippen LogP contribution in [0, 0.1) is 29.6 Å². The van der Waals surface area contributed by atoms with Gasteiger partial charge in [-0.1, -0.05) is 80.1 Å². The maximum Gasteiger partial charge on any atom is 0.329 e. The fraction of sp³-hybridized carbons (Fsp3) is 0.692. The number of methoxy groups -OCH3 is 3. The van der Waals surface area contributed by atoms with E-state index in [0.29, 0.717) is 49.9 Å². The Morgan fingerprint density at radius 3 is 2.27 bits per heavy atom. The first kappa shape index (κ1) is 54.8. The molecule has 67 heavy (non-hydrogen) atoms. The summed E-state index contributed by atoms with van der Waals surface area (Å²) in [6, 6.07) is 6.81. The fourth-order valence-electron chi connectivity index (χ4n) is 10.4. The van der Waals surface area contributed by atoms with Crippen LogP contribution in [0.25, 0.3) is 6.08 Å². The summed E-state index contributed by atoms with van der Waals surface area (Å²) in [5.74, 6) is -9.06. The maximum atomic E-state index is 16.3. The molecule has 1 aromatic carbocycles. The van der Waals surface area contributed by atoms with Crippen LogP contribution in [-0.4, -0.2) is 134 Å². The number of hydrogen-bond acceptors (Lipinski definition) is 12. The highest BCUT2D eigenvalue weighted by atomic mass is 79.9. The molecule has 2 saturated heterocycles. The molecule has 1 aromatic rings. The van der Waals surface area contributed by atoms with E-state index in [1.165, 1.54) is 14.2 Å². The van der Waals surface area contributed by atoms with Gasteiger partial charge >= 0.3 is 5.97 Å². The van der Waals surface area contributed by atoms with Gasteiger partial charge in [0.05, 0.1) is 37.1 Å². The van der Waals surface area contributed by atoms with Crippen molar-refractivity contribution in [3.8, 4) is 0 Å². The van der Waals surface area contributed by atoms with Gasteiger partial charge in [0.2, 0.25) is 5.79 Å². The lowest BCUT2D eigenvalue weighted by molar-refractivity contribution is -0.302. The molecule has 1 aliphatic carbocycles. The number of halogens is 2. The highest BCUT2D eigenvalue weighted by molar-refractivity contribution is 9.10. The van der Waals surface area contributed by atoms with Gasteiger partial charge in [-0.25, -0.2) is 9.18 Å². The van der Waals surface area contributed by atoms with Crippen molar-refractivity contribution >= 4 is 45.4 Å². The Hall–Kier alpha value is -3.15. The molecule has 5 rings (SSSR count). The van der Waals surface area contributed by atoms with E-state index in [-0.39, 0.29) is 56.1 Å². The Morgan fingerprint density at radius 1 is 0.940 bits per heavy atom. The summed E-state index contributed by atoms with van der Waals surface area (Å²) < 4.78 is 53.7. The molecule has 3 fully saturated rings. The summed E-state index contributed by atoms with van der Waals surface area (Å²) in [6.45, 7) is 10.8. The average molecular weight is 1010 g/mol. The number of Topliss-reactive ketones (excluding diaryl/α,β-unsaturated/α-hetero) is 2. The molecular weight excluding hydrogens is 929 g/mol. The number of ketones is 2. The first-order valence-corrected chi connectivity index (χ1v) is 25.0. The van der Waals surface area contributed by atoms with E-state index in [2.05, 4.69) is 15.9 Å². The molecule has 0 aromatic heterocycles. The van der Waals surface area contributed by atoms with Crippen LogP contribution in [0.4, 0.5) is 4.39 Å². The molecule has 2 bridgehead atoms.